The second-order valence-electron chi connectivity index (χ2n) is 7.39. The van der Waals surface area contributed by atoms with Crippen molar-refractivity contribution in [3.8, 4) is 22.1 Å². The Labute approximate surface area is 196 Å². The first kappa shape index (κ1) is 23.1. The molecule has 0 spiro atoms. The molecule has 1 aliphatic heterocycles. The number of methoxy groups -OCH3 is 2. The Bertz CT molecular complexity index is 1230. The summed E-state index contributed by atoms with van der Waals surface area (Å²) in [5, 5.41) is 5.55. The first-order valence-corrected chi connectivity index (χ1v) is 12.6. The Morgan fingerprint density at radius 3 is 2.67 bits per heavy atom. The van der Waals surface area contributed by atoms with Crippen molar-refractivity contribution in [2.45, 2.75) is 30.3 Å². The van der Waals surface area contributed by atoms with Crippen LogP contribution in [0.1, 0.15) is 18.5 Å². The molecule has 4 rings (SSSR count). The van der Waals surface area contributed by atoms with Crippen LogP contribution < -0.4 is 14.8 Å². The fourth-order valence-electron chi connectivity index (χ4n) is 3.71. The number of thiazole rings is 1. The number of ether oxygens (including phenoxy) is 2. The van der Waals surface area contributed by atoms with E-state index >= 15 is 0 Å². The molecule has 0 aliphatic carbocycles. The third kappa shape index (κ3) is 4.85. The second-order valence-corrected chi connectivity index (χ2v) is 10.1. The van der Waals surface area contributed by atoms with Gasteiger partial charge in [0.15, 0.2) is 11.5 Å². The smallest absolute Gasteiger partial charge is 0.243 e. The van der Waals surface area contributed by atoms with Crippen LogP contribution in [-0.2, 0) is 21.4 Å². The molecule has 1 aromatic carbocycles. The normalized spacial score (nSPS) is 16.5. The van der Waals surface area contributed by atoms with E-state index in [-0.39, 0.29) is 23.9 Å². The molecule has 2 aromatic heterocycles. The Kier molecular flexibility index (Phi) is 6.91. The third-order valence-electron chi connectivity index (χ3n) is 5.39. The van der Waals surface area contributed by atoms with Crippen LogP contribution in [0, 0.1) is 0 Å². The number of benzene rings is 1. The van der Waals surface area contributed by atoms with E-state index in [2.05, 4.69) is 15.3 Å². The van der Waals surface area contributed by atoms with Crippen molar-refractivity contribution in [2.75, 3.05) is 20.8 Å². The highest BCUT2D eigenvalue weighted by atomic mass is 32.2. The van der Waals surface area contributed by atoms with Gasteiger partial charge in [0, 0.05) is 35.9 Å². The maximum Gasteiger partial charge on any atom is 0.243 e. The zero-order valence-corrected chi connectivity index (χ0v) is 19.9. The number of aromatic nitrogens is 2. The van der Waals surface area contributed by atoms with Crippen molar-refractivity contribution in [3.05, 3.63) is 53.8 Å². The zero-order chi connectivity index (χ0) is 23.4. The highest BCUT2D eigenvalue weighted by Crippen LogP contribution is 2.33. The minimum Gasteiger partial charge on any atom is -0.493 e. The van der Waals surface area contributed by atoms with Crippen LogP contribution in [0.25, 0.3) is 10.6 Å². The molecule has 3 aromatic rings. The summed E-state index contributed by atoms with van der Waals surface area (Å²) in [5.41, 5.74) is 1.67. The van der Waals surface area contributed by atoms with Gasteiger partial charge in [-0.25, -0.2) is 13.4 Å². The van der Waals surface area contributed by atoms with Crippen LogP contribution in [0.5, 0.6) is 11.5 Å². The summed E-state index contributed by atoms with van der Waals surface area (Å²) in [5.74, 6) is 0.406. The summed E-state index contributed by atoms with van der Waals surface area (Å²) < 4.78 is 38.2. The van der Waals surface area contributed by atoms with Crippen LogP contribution in [0.15, 0.2) is 53.0 Å². The lowest BCUT2D eigenvalue weighted by Crippen LogP contribution is -2.45. The molecular formula is C22H24N4O5S2. The lowest BCUT2D eigenvalue weighted by Gasteiger charge is -2.23. The van der Waals surface area contributed by atoms with E-state index in [0.29, 0.717) is 30.0 Å². The van der Waals surface area contributed by atoms with Gasteiger partial charge in [-0.1, -0.05) is 0 Å². The summed E-state index contributed by atoms with van der Waals surface area (Å²) in [7, 11) is -0.963. The van der Waals surface area contributed by atoms with Gasteiger partial charge >= 0.3 is 0 Å². The molecule has 1 aliphatic rings. The average molecular weight is 489 g/mol. The van der Waals surface area contributed by atoms with Gasteiger partial charge < -0.3 is 14.8 Å². The number of nitrogens with zero attached hydrogens (tertiary/aromatic N) is 3. The molecule has 1 N–H and O–H groups in total. The molecule has 1 fully saturated rings. The standard InChI is InChI=1S/C22H24N4O5S2/c1-30-19-6-5-17(12-20(19)31-2)33(28,29)26-11-3-4-18(26)21(27)24-13-16-14-32-22(25-16)15-7-9-23-10-8-15/h5-10,12,14,18H,3-4,11,13H2,1-2H3,(H,24,27). The SMILES string of the molecule is COc1ccc(S(=O)(=O)N2CCCC2C(=O)NCc2csc(-c3ccncc3)n2)cc1OC. The zero-order valence-electron chi connectivity index (χ0n) is 18.2. The Morgan fingerprint density at radius 1 is 1.18 bits per heavy atom. The van der Waals surface area contributed by atoms with Gasteiger partial charge in [0.1, 0.15) is 11.0 Å². The number of rotatable bonds is 8. The van der Waals surface area contributed by atoms with Crippen LogP contribution in [0.3, 0.4) is 0 Å². The van der Waals surface area contributed by atoms with Gasteiger partial charge in [0.05, 0.1) is 31.4 Å². The van der Waals surface area contributed by atoms with E-state index < -0.39 is 16.1 Å². The van der Waals surface area contributed by atoms with Crippen LogP contribution in [-0.4, -0.2) is 55.4 Å². The number of amides is 1. The van der Waals surface area contributed by atoms with Crippen molar-refractivity contribution < 1.29 is 22.7 Å². The van der Waals surface area contributed by atoms with Gasteiger partial charge in [-0.15, -0.1) is 11.3 Å². The molecule has 11 heteroatoms. The van der Waals surface area contributed by atoms with E-state index in [1.165, 1.54) is 42.0 Å². The van der Waals surface area contributed by atoms with Crippen LogP contribution in [0.4, 0.5) is 0 Å². The van der Waals surface area contributed by atoms with Crippen molar-refractivity contribution >= 4 is 27.3 Å². The number of carbonyl (C=O) groups excluding carboxylic acids is 1. The maximum absolute atomic E-state index is 13.3. The van der Waals surface area contributed by atoms with E-state index in [0.717, 1.165) is 10.6 Å². The van der Waals surface area contributed by atoms with Crippen molar-refractivity contribution in [3.63, 3.8) is 0 Å². The lowest BCUT2D eigenvalue weighted by atomic mass is 10.2. The number of nitrogens with one attached hydrogen (secondary N) is 1. The molecule has 1 atom stereocenters. The minimum absolute atomic E-state index is 0.0568. The molecule has 0 saturated carbocycles. The molecule has 33 heavy (non-hydrogen) atoms. The van der Waals surface area contributed by atoms with Crippen molar-refractivity contribution in [1.29, 1.82) is 0 Å². The quantitative estimate of drug-likeness (QED) is 0.519. The summed E-state index contributed by atoms with van der Waals surface area (Å²) in [4.78, 5) is 21.5. The van der Waals surface area contributed by atoms with Gasteiger partial charge in [-0.05, 0) is 37.1 Å². The number of carbonyl (C=O) groups is 1. The van der Waals surface area contributed by atoms with Crippen molar-refractivity contribution in [2.24, 2.45) is 0 Å². The molecular weight excluding hydrogens is 464 g/mol. The summed E-state index contributed by atoms with van der Waals surface area (Å²) >= 11 is 1.48. The van der Waals surface area contributed by atoms with Gasteiger partial charge in [0.25, 0.3) is 0 Å². The highest BCUT2D eigenvalue weighted by molar-refractivity contribution is 7.89. The number of hydrogen-bond acceptors (Lipinski definition) is 8. The molecule has 1 amide bonds. The predicted octanol–water partition coefficient (Wildman–Crippen LogP) is 2.69. The Balaban J connectivity index is 1.46. The first-order chi connectivity index (χ1) is 15.9. The molecule has 174 valence electrons. The molecule has 1 saturated heterocycles. The van der Waals surface area contributed by atoms with Crippen LogP contribution in [0.2, 0.25) is 0 Å². The fraction of sp³-hybridized carbons (Fsp3) is 0.318. The molecule has 1 unspecified atom stereocenters. The maximum atomic E-state index is 13.3. The third-order valence-corrected chi connectivity index (χ3v) is 8.24. The Hall–Kier alpha value is -3.02. The van der Waals surface area contributed by atoms with Crippen molar-refractivity contribution in [1.82, 2.24) is 19.6 Å². The molecule has 3 heterocycles. The lowest BCUT2D eigenvalue weighted by molar-refractivity contribution is -0.124. The topological polar surface area (TPSA) is 111 Å². The fourth-order valence-corrected chi connectivity index (χ4v) is 6.21. The molecule has 0 bridgehead atoms. The first-order valence-electron chi connectivity index (χ1n) is 10.3. The minimum atomic E-state index is -3.89. The highest BCUT2D eigenvalue weighted by Gasteiger charge is 2.39. The monoisotopic (exact) mass is 488 g/mol. The van der Waals surface area contributed by atoms with E-state index in [1.807, 2.05) is 17.5 Å². The molecule has 9 nitrogen and oxygen atoms in total. The van der Waals surface area contributed by atoms with Gasteiger partial charge in [0.2, 0.25) is 15.9 Å². The predicted molar refractivity (Wildman–Crippen MR) is 124 cm³/mol. The Morgan fingerprint density at radius 2 is 1.94 bits per heavy atom. The summed E-state index contributed by atoms with van der Waals surface area (Å²) in [6.07, 6.45) is 4.46. The van der Waals surface area contributed by atoms with Crippen LogP contribution >= 0.6 is 11.3 Å². The summed E-state index contributed by atoms with van der Waals surface area (Å²) in [6, 6.07) is 7.38. The summed E-state index contributed by atoms with van der Waals surface area (Å²) in [6.45, 7) is 0.499. The van der Waals surface area contributed by atoms with Gasteiger partial charge in [-0.2, -0.15) is 4.31 Å². The van der Waals surface area contributed by atoms with E-state index in [4.69, 9.17) is 9.47 Å². The molecule has 0 radical (unpaired) electrons. The van der Waals surface area contributed by atoms with E-state index in [9.17, 15) is 13.2 Å². The second kappa shape index (κ2) is 9.86. The number of hydrogen-bond donors (Lipinski definition) is 1. The largest absolute Gasteiger partial charge is 0.493 e. The number of pyridine rings is 1. The van der Waals surface area contributed by atoms with Gasteiger partial charge in [-0.3, -0.25) is 9.78 Å². The van der Waals surface area contributed by atoms with E-state index in [1.54, 1.807) is 18.5 Å². The average Bonchev–Trinajstić information content (AvgIpc) is 3.53. The number of sulfonamides is 1.